The molecule has 1 unspecified atom stereocenters. The standard InChI is InChI=1S/C20H23FN2O2/c1-3-11-22(12-4-2)20(25)17-8-9-19(24)23(15-17)13-10-16-6-5-7-18(21)14-16/h1,4-7,14,17H,2,8-13,15H2. The normalized spacial score (nSPS) is 17.0. The fraction of sp³-hybridized carbons (Fsp3) is 0.400. The van der Waals surface area contributed by atoms with Gasteiger partial charge in [-0.05, 0) is 30.5 Å². The summed E-state index contributed by atoms with van der Waals surface area (Å²) in [6, 6.07) is 6.35. The van der Waals surface area contributed by atoms with Crippen LogP contribution in [0.25, 0.3) is 0 Å². The van der Waals surface area contributed by atoms with Crippen LogP contribution in [0.2, 0.25) is 0 Å². The summed E-state index contributed by atoms with van der Waals surface area (Å²) in [6.07, 6.45) is 8.41. The van der Waals surface area contributed by atoms with Crippen molar-refractivity contribution in [3.63, 3.8) is 0 Å². The number of amides is 2. The Kier molecular flexibility index (Phi) is 6.76. The molecule has 25 heavy (non-hydrogen) atoms. The average Bonchev–Trinajstić information content (AvgIpc) is 2.60. The van der Waals surface area contributed by atoms with Crippen LogP contribution in [-0.4, -0.2) is 47.8 Å². The molecule has 132 valence electrons. The molecule has 1 fully saturated rings. The van der Waals surface area contributed by atoms with E-state index in [-0.39, 0.29) is 30.1 Å². The Morgan fingerprint density at radius 2 is 2.32 bits per heavy atom. The molecule has 1 aliphatic rings. The molecule has 4 nitrogen and oxygen atoms in total. The summed E-state index contributed by atoms with van der Waals surface area (Å²) in [7, 11) is 0. The van der Waals surface area contributed by atoms with E-state index in [9.17, 15) is 14.0 Å². The minimum atomic E-state index is -0.287. The number of terminal acetylenes is 1. The van der Waals surface area contributed by atoms with Crippen LogP contribution in [-0.2, 0) is 16.0 Å². The Bertz CT molecular complexity index is 681. The second-order valence-corrected chi connectivity index (χ2v) is 6.17. The largest absolute Gasteiger partial charge is 0.342 e. The lowest BCUT2D eigenvalue weighted by Crippen LogP contribution is -2.47. The Balaban J connectivity index is 1.98. The van der Waals surface area contributed by atoms with Crippen molar-refractivity contribution in [3.8, 4) is 12.3 Å². The van der Waals surface area contributed by atoms with E-state index in [0.29, 0.717) is 38.9 Å². The van der Waals surface area contributed by atoms with Crippen LogP contribution in [0.1, 0.15) is 18.4 Å². The van der Waals surface area contributed by atoms with E-state index in [1.165, 1.54) is 12.1 Å². The molecule has 0 N–H and O–H groups in total. The van der Waals surface area contributed by atoms with E-state index < -0.39 is 0 Å². The molecule has 2 amide bonds. The molecule has 1 atom stereocenters. The minimum absolute atomic E-state index is 0.0349. The van der Waals surface area contributed by atoms with Gasteiger partial charge in [0, 0.05) is 26.1 Å². The van der Waals surface area contributed by atoms with E-state index in [1.807, 2.05) is 6.07 Å². The summed E-state index contributed by atoms with van der Waals surface area (Å²) >= 11 is 0. The zero-order valence-corrected chi connectivity index (χ0v) is 14.3. The lowest BCUT2D eigenvalue weighted by atomic mass is 9.95. The van der Waals surface area contributed by atoms with E-state index >= 15 is 0 Å². The highest BCUT2D eigenvalue weighted by Crippen LogP contribution is 2.20. The number of rotatable bonds is 7. The number of nitrogens with zero attached hydrogens (tertiary/aromatic N) is 2. The monoisotopic (exact) mass is 342 g/mol. The van der Waals surface area contributed by atoms with E-state index in [4.69, 9.17) is 6.42 Å². The van der Waals surface area contributed by atoms with Gasteiger partial charge in [0.15, 0.2) is 0 Å². The Morgan fingerprint density at radius 3 is 3.00 bits per heavy atom. The smallest absolute Gasteiger partial charge is 0.228 e. The number of benzene rings is 1. The maximum absolute atomic E-state index is 13.3. The molecule has 0 spiro atoms. The first-order valence-electron chi connectivity index (χ1n) is 8.40. The maximum atomic E-state index is 13.3. The summed E-state index contributed by atoms with van der Waals surface area (Å²) in [5.41, 5.74) is 0.835. The molecular weight excluding hydrogens is 319 g/mol. The van der Waals surface area contributed by atoms with Gasteiger partial charge in [-0.3, -0.25) is 9.59 Å². The third kappa shape index (κ3) is 5.18. The van der Waals surface area contributed by atoms with Gasteiger partial charge in [0.2, 0.25) is 11.8 Å². The highest BCUT2D eigenvalue weighted by atomic mass is 19.1. The number of piperidine rings is 1. The average molecular weight is 342 g/mol. The number of hydrogen-bond donors (Lipinski definition) is 0. The first kappa shape index (κ1) is 18.7. The highest BCUT2D eigenvalue weighted by Gasteiger charge is 2.32. The second kappa shape index (κ2) is 9.03. The van der Waals surface area contributed by atoms with Crippen LogP contribution >= 0.6 is 0 Å². The SMILES string of the molecule is C#CCN(CC=C)C(=O)C1CCC(=O)N(CCc2cccc(F)c2)C1. The van der Waals surface area contributed by atoms with Gasteiger partial charge in [-0.1, -0.05) is 24.1 Å². The molecule has 0 radical (unpaired) electrons. The highest BCUT2D eigenvalue weighted by molar-refractivity contribution is 5.84. The summed E-state index contributed by atoms with van der Waals surface area (Å²) in [6.45, 7) is 5.14. The van der Waals surface area contributed by atoms with Crippen LogP contribution < -0.4 is 0 Å². The number of carbonyl (C=O) groups is 2. The Labute approximate surface area is 148 Å². The molecule has 0 saturated carbocycles. The Hall–Kier alpha value is -2.61. The molecule has 1 aromatic rings. The van der Waals surface area contributed by atoms with Gasteiger partial charge < -0.3 is 9.80 Å². The quantitative estimate of drug-likeness (QED) is 0.563. The first-order chi connectivity index (χ1) is 12.0. The fourth-order valence-electron chi connectivity index (χ4n) is 3.05. The molecule has 5 heteroatoms. The zero-order chi connectivity index (χ0) is 18.2. The van der Waals surface area contributed by atoms with Crippen LogP contribution in [0, 0.1) is 24.1 Å². The maximum Gasteiger partial charge on any atom is 0.228 e. The van der Waals surface area contributed by atoms with Gasteiger partial charge in [0.1, 0.15) is 5.82 Å². The zero-order valence-electron chi connectivity index (χ0n) is 14.3. The minimum Gasteiger partial charge on any atom is -0.342 e. The van der Waals surface area contributed by atoms with Crippen molar-refractivity contribution in [3.05, 3.63) is 48.3 Å². The van der Waals surface area contributed by atoms with Crippen molar-refractivity contribution in [1.29, 1.82) is 0 Å². The predicted octanol–water partition coefficient (Wildman–Crippen LogP) is 2.25. The molecule has 2 rings (SSSR count). The van der Waals surface area contributed by atoms with Gasteiger partial charge in [-0.15, -0.1) is 13.0 Å². The van der Waals surface area contributed by atoms with Crippen molar-refractivity contribution in [2.75, 3.05) is 26.2 Å². The van der Waals surface area contributed by atoms with Crippen LogP contribution in [0.3, 0.4) is 0 Å². The van der Waals surface area contributed by atoms with Gasteiger partial charge >= 0.3 is 0 Å². The van der Waals surface area contributed by atoms with Crippen molar-refractivity contribution in [2.45, 2.75) is 19.3 Å². The summed E-state index contributed by atoms with van der Waals surface area (Å²) in [4.78, 5) is 28.1. The van der Waals surface area contributed by atoms with E-state index in [0.717, 1.165) is 5.56 Å². The molecule has 0 bridgehead atoms. The number of carbonyl (C=O) groups excluding carboxylic acids is 2. The molecule has 1 saturated heterocycles. The second-order valence-electron chi connectivity index (χ2n) is 6.17. The van der Waals surface area contributed by atoms with Crippen molar-refractivity contribution in [1.82, 2.24) is 9.80 Å². The topological polar surface area (TPSA) is 40.6 Å². The summed E-state index contributed by atoms with van der Waals surface area (Å²) in [5.74, 6) is 1.94. The predicted molar refractivity (Wildman–Crippen MR) is 95.0 cm³/mol. The van der Waals surface area contributed by atoms with Gasteiger partial charge in [0.05, 0.1) is 12.5 Å². The number of halogens is 1. The molecule has 1 heterocycles. The van der Waals surface area contributed by atoms with Crippen LogP contribution in [0.4, 0.5) is 4.39 Å². The van der Waals surface area contributed by atoms with Crippen LogP contribution in [0.5, 0.6) is 0 Å². The molecule has 1 aromatic carbocycles. The molecular formula is C20H23FN2O2. The lowest BCUT2D eigenvalue weighted by Gasteiger charge is -2.34. The van der Waals surface area contributed by atoms with Gasteiger partial charge in [0.25, 0.3) is 0 Å². The molecule has 0 aromatic heterocycles. The Morgan fingerprint density at radius 1 is 1.52 bits per heavy atom. The van der Waals surface area contributed by atoms with E-state index in [2.05, 4.69) is 12.5 Å². The van der Waals surface area contributed by atoms with Crippen molar-refractivity contribution in [2.24, 2.45) is 5.92 Å². The molecule has 1 aliphatic heterocycles. The van der Waals surface area contributed by atoms with Gasteiger partial charge in [-0.2, -0.15) is 0 Å². The number of likely N-dealkylation sites (tertiary alicyclic amines) is 1. The van der Waals surface area contributed by atoms with Crippen molar-refractivity contribution >= 4 is 11.8 Å². The van der Waals surface area contributed by atoms with Crippen molar-refractivity contribution < 1.29 is 14.0 Å². The summed E-state index contributed by atoms with van der Waals surface area (Å²) in [5, 5.41) is 0. The van der Waals surface area contributed by atoms with Gasteiger partial charge in [-0.25, -0.2) is 4.39 Å². The molecule has 0 aliphatic carbocycles. The third-order valence-corrected chi connectivity index (χ3v) is 4.35. The third-order valence-electron chi connectivity index (χ3n) is 4.35. The number of hydrogen-bond acceptors (Lipinski definition) is 2. The van der Waals surface area contributed by atoms with E-state index in [1.54, 1.807) is 21.9 Å². The summed E-state index contributed by atoms with van der Waals surface area (Å²) < 4.78 is 13.3. The first-order valence-corrected chi connectivity index (χ1v) is 8.40. The lowest BCUT2D eigenvalue weighted by molar-refractivity contribution is -0.142. The van der Waals surface area contributed by atoms with Crippen LogP contribution in [0.15, 0.2) is 36.9 Å². The fourth-order valence-corrected chi connectivity index (χ4v) is 3.05.